The SMILES string of the molecule is CSC1=C(C)C=C(Cl)CC1C. The molecule has 1 aliphatic rings. The molecule has 0 amide bonds. The van der Waals surface area contributed by atoms with Gasteiger partial charge in [-0.25, -0.2) is 0 Å². The van der Waals surface area contributed by atoms with Crippen molar-refractivity contribution in [3.05, 3.63) is 21.6 Å². The first kappa shape index (κ1) is 9.21. The van der Waals surface area contributed by atoms with Crippen LogP contribution in [0.2, 0.25) is 0 Å². The van der Waals surface area contributed by atoms with E-state index in [-0.39, 0.29) is 0 Å². The normalized spacial score (nSPS) is 25.5. The number of hydrogen-bond acceptors (Lipinski definition) is 1. The Hall–Kier alpha value is 0.120. The van der Waals surface area contributed by atoms with Gasteiger partial charge in [-0.3, -0.25) is 0 Å². The molecule has 0 aromatic rings. The molecule has 0 saturated heterocycles. The lowest BCUT2D eigenvalue weighted by Crippen LogP contribution is -2.03. The summed E-state index contributed by atoms with van der Waals surface area (Å²) in [6.45, 7) is 4.36. The summed E-state index contributed by atoms with van der Waals surface area (Å²) in [5.41, 5.74) is 1.33. The predicted octanol–water partition coefficient (Wildman–Crippen LogP) is 3.79. The molecule has 1 aliphatic carbocycles. The van der Waals surface area contributed by atoms with Crippen molar-refractivity contribution in [3.63, 3.8) is 0 Å². The van der Waals surface area contributed by atoms with Crippen molar-refractivity contribution in [1.29, 1.82) is 0 Å². The van der Waals surface area contributed by atoms with Crippen LogP contribution in [0, 0.1) is 5.92 Å². The molecule has 0 fully saturated rings. The summed E-state index contributed by atoms with van der Waals surface area (Å²) in [5, 5.41) is 0.993. The Labute approximate surface area is 77.7 Å². The van der Waals surface area contributed by atoms with E-state index in [0.29, 0.717) is 5.92 Å². The monoisotopic (exact) mass is 188 g/mol. The van der Waals surface area contributed by atoms with Crippen LogP contribution in [0.5, 0.6) is 0 Å². The highest BCUT2D eigenvalue weighted by Crippen LogP contribution is 2.36. The van der Waals surface area contributed by atoms with E-state index in [0.717, 1.165) is 11.5 Å². The van der Waals surface area contributed by atoms with Crippen molar-refractivity contribution in [2.75, 3.05) is 6.26 Å². The maximum Gasteiger partial charge on any atom is 0.0190 e. The summed E-state index contributed by atoms with van der Waals surface area (Å²) in [5.74, 6) is 0.613. The average Bonchev–Trinajstić information content (AvgIpc) is 1.85. The molecule has 0 N–H and O–H groups in total. The van der Waals surface area contributed by atoms with E-state index in [1.807, 2.05) is 11.8 Å². The Kier molecular flexibility index (Phi) is 3.08. The smallest absolute Gasteiger partial charge is 0.0190 e. The first-order valence-electron chi connectivity index (χ1n) is 3.76. The Morgan fingerprint density at radius 2 is 2.27 bits per heavy atom. The molecule has 0 aliphatic heterocycles. The third kappa shape index (κ3) is 2.03. The molecule has 0 bridgehead atoms. The van der Waals surface area contributed by atoms with Gasteiger partial charge in [-0.15, -0.1) is 11.8 Å². The molecular weight excluding hydrogens is 176 g/mol. The summed E-state index contributed by atoms with van der Waals surface area (Å²) >= 11 is 7.79. The van der Waals surface area contributed by atoms with Gasteiger partial charge in [-0.2, -0.15) is 0 Å². The third-order valence-corrected chi connectivity index (χ3v) is 3.36. The lowest BCUT2D eigenvalue weighted by Gasteiger charge is -2.20. The molecule has 2 heteroatoms. The van der Waals surface area contributed by atoms with Crippen LogP contribution < -0.4 is 0 Å². The fourth-order valence-electron chi connectivity index (χ4n) is 1.50. The standard InChI is InChI=1S/C9H13ClS/c1-6-4-8(10)5-7(2)9(6)11-3/h4,7H,5H2,1-3H3. The van der Waals surface area contributed by atoms with Crippen LogP contribution in [0.3, 0.4) is 0 Å². The van der Waals surface area contributed by atoms with Crippen molar-refractivity contribution in [1.82, 2.24) is 0 Å². The van der Waals surface area contributed by atoms with E-state index in [1.54, 1.807) is 0 Å². The van der Waals surface area contributed by atoms with Crippen LogP contribution in [0.15, 0.2) is 21.6 Å². The maximum atomic E-state index is 5.95. The van der Waals surface area contributed by atoms with Crippen LogP contribution in [0.1, 0.15) is 20.3 Å². The van der Waals surface area contributed by atoms with Gasteiger partial charge < -0.3 is 0 Å². The third-order valence-electron chi connectivity index (χ3n) is 1.93. The summed E-state index contributed by atoms with van der Waals surface area (Å²) in [7, 11) is 0. The van der Waals surface area contributed by atoms with E-state index in [4.69, 9.17) is 11.6 Å². The number of halogens is 1. The molecule has 0 nitrogen and oxygen atoms in total. The Morgan fingerprint density at radius 3 is 2.73 bits per heavy atom. The van der Waals surface area contributed by atoms with E-state index >= 15 is 0 Å². The second-order valence-corrected chi connectivity index (χ2v) is 4.28. The molecule has 1 rings (SSSR count). The minimum atomic E-state index is 0.613. The van der Waals surface area contributed by atoms with Crippen molar-refractivity contribution < 1.29 is 0 Å². The predicted molar refractivity (Wildman–Crippen MR) is 53.9 cm³/mol. The van der Waals surface area contributed by atoms with E-state index < -0.39 is 0 Å². The largest absolute Gasteiger partial charge is 0.133 e. The van der Waals surface area contributed by atoms with Crippen molar-refractivity contribution >= 4 is 23.4 Å². The van der Waals surface area contributed by atoms with Crippen LogP contribution in [0.4, 0.5) is 0 Å². The van der Waals surface area contributed by atoms with Crippen LogP contribution in [0.25, 0.3) is 0 Å². The van der Waals surface area contributed by atoms with Gasteiger partial charge in [-0.1, -0.05) is 18.5 Å². The number of hydrogen-bond donors (Lipinski definition) is 0. The second kappa shape index (κ2) is 3.68. The number of allylic oxidation sites excluding steroid dienone is 4. The summed E-state index contributed by atoms with van der Waals surface area (Å²) in [4.78, 5) is 1.48. The molecular formula is C9H13ClS. The second-order valence-electron chi connectivity index (χ2n) is 2.95. The molecule has 62 valence electrons. The number of thioether (sulfide) groups is 1. The highest BCUT2D eigenvalue weighted by Gasteiger charge is 2.16. The zero-order chi connectivity index (χ0) is 8.43. The number of rotatable bonds is 1. The molecule has 1 unspecified atom stereocenters. The van der Waals surface area contributed by atoms with E-state index in [2.05, 4.69) is 26.2 Å². The topological polar surface area (TPSA) is 0 Å². The zero-order valence-corrected chi connectivity index (χ0v) is 8.72. The van der Waals surface area contributed by atoms with Crippen molar-refractivity contribution in [2.45, 2.75) is 20.3 Å². The fourth-order valence-corrected chi connectivity index (χ4v) is 2.76. The highest BCUT2D eigenvalue weighted by molar-refractivity contribution is 8.02. The molecule has 0 aromatic heterocycles. The van der Waals surface area contributed by atoms with Gasteiger partial charge in [0.15, 0.2) is 0 Å². The summed E-state index contributed by atoms with van der Waals surface area (Å²) < 4.78 is 0. The molecule has 0 radical (unpaired) electrons. The van der Waals surface area contributed by atoms with Gasteiger partial charge >= 0.3 is 0 Å². The van der Waals surface area contributed by atoms with Crippen molar-refractivity contribution in [2.24, 2.45) is 5.92 Å². The van der Waals surface area contributed by atoms with Crippen LogP contribution in [-0.4, -0.2) is 6.26 Å². The van der Waals surface area contributed by atoms with Crippen LogP contribution >= 0.6 is 23.4 Å². The van der Waals surface area contributed by atoms with E-state index in [1.165, 1.54) is 10.5 Å². The molecule has 0 saturated carbocycles. The van der Waals surface area contributed by atoms with E-state index in [9.17, 15) is 0 Å². The minimum absolute atomic E-state index is 0.613. The Balaban J connectivity index is 2.92. The molecule has 0 heterocycles. The van der Waals surface area contributed by atoms with Gasteiger partial charge in [0.1, 0.15) is 0 Å². The molecule has 0 spiro atoms. The molecule has 0 aromatic carbocycles. The summed E-state index contributed by atoms with van der Waals surface area (Å²) in [6, 6.07) is 0. The first-order valence-corrected chi connectivity index (χ1v) is 5.36. The Morgan fingerprint density at radius 1 is 1.64 bits per heavy atom. The van der Waals surface area contributed by atoms with Crippen molar-refractivity contribution in [3.8, 4) is 0 Å². The van der Waals surface area contributed by atoms with Gasteiger partial charge in [-0.05, 0) is 42.1 Å². The fraction of sp³-hybridized carbons (Fsp3) is 0.556. The molecule has 1 atom stereocenters. The van der Waals surface area contributed by atoms with Crippen LogP contribution in [-0.2, 0) is 0 Å². The average molecular weight is 189 g/mol. The lowest BCUT2D eigenvalue weighted by molar-refractivity contribution is 0.708. The minimum Gasteiger partial charge on any atom is -0.133 e. The zero-order valence-electron chi connectivity index (χ0n) is 7.15. The van der Waals surface area contributed by atoms with Gasteiger partial charge in [0.2, 0.25) is 0 Å². The highest BCUT2D eigenvalue weighted by atomic mass is 35.5. The van der Waals surface area contributed by atoms with Gasteiger partial charge in [0.05, 0.1) is 0 Å². The first-order chi connectivity index (χ1) is 5.15. The lowest BCUT2D eigenvalue weighted by atomic mass is 9.98. The Bertz CT molecular complexity index is 216. The maximum absolute atomic E-state index is 5.95. The quantitative estimate of drug-likeness (QED) is 0.604. The summed E-state index contributed by atoms with van der Waals surface area (Å²) in [6.07, 6.45) is 5.21. The van der Waals surface area contributed by atoms with Gasteiger partial charge in [0, 0.05) is 5.03 Å². The van der Waals surface area contributed by atoms with Gasteiger partial charge in [0.25, 0.3) is 0 Å². The molecule has 11 heavy (non-hydrogen) atoms.